The summed E-state index contributed by atoms with van der Waals surface area (Å²) in [6, 6.07) is 12.9. The number of aromatic hydroxyl groups is 2. The first-order valence-corrected chi connectivity index (χ1v) is 7.12. The standard InChI is InChI=1S/C18H11ClF2O2/c19-12-9-13(20)17(11-6-2-4-8-15(11)23)18(21)16(12)10-5-1-3-7-14(10)22/h1-9,22-23H. The van der Waals surface area contributed by atoms with Gasteiger partial charge in [-0.05, 0) is 18.2 Å². The molecule has 0 aliphatic carbocycles. The van der Waals surface area contributed by atoms with Crippen LogP contribution in [-0.2, 0) is 0 Å². The van der Waals surface area contributed by atoms with Gasteiger partial charge in [-0.2, -0.15) is 0 Å². The van der Waals surface area contributed by atoms with E-state index in [9.17, 15) is 19.0 Å². The highest BCUT2D eigenvalue weighted by molar-refractivity contribution is 6.33. The average Bonchev–Trinajstić information content (AvgIpc) is 2.50. The molecule has 0 aliphatic heterocycles. The van der Waals surface area contributed by atoms with Gasteiger partial charge in [-0.15, -0.1) is 0 Å². The summed E-state index contributed by atoms with van der Waals surface area (Å²) in [5, 5.41) is 19.6. The molecule has 2 nitrogen and oxygen atoms in total. The second-order valence-electron chi connectivity index (χ2n) is 4.94. The van der Waals surface area contributed by atoms with Crippen molar-refractivity contribution in [3.63, 3.8) is 0 Å². The van der Waals surface area contributed by atoms with Crippen molar-refractivity contribution in [3.8, 4) is 33.8 Å². The lowest BCUT2D eigenvalue weighted by Crippen LogP contribution is -1.96. The molecule has 0 amide bonds. The van der Waals surface area contributed by atoms with Crippen LogP contribution in [0.2, 0.25) is 5.02 Å². The van der Waals surface area contributed by atoms with Gasteiger partial charge in [-0.25, -0.2) is 8.78 Å². The Morgan fingerprint density at radius 1 is 0.739 bits per heavy atom. The molecule has 0 radical (unpaired) electrons. The van der Waals surface area contributed by atoms with E-state index in [-0.39, 0.29) is 33.2 Å². The Morgan fingerprint density at radius 3 is 1.74 bits per heavy atom. The van der Waals surface area contributed by atoms with Crippen molar-refractivity contribution in [3.05, 3.63) is 71.3 Å². The van der Waals surface area contributed by atoms with Crippen LogP contribution in [0.1, 0.15) is 0 Å². The minimum atomic E-state index is -0.946. The first-order valence-electron chi connectivity index (χ1n) is 6.75. The van der Waals surface area contributed by atoms with E-state index in [4.69, 9.17) is 11.6 Å². The summed E-state index contributed by atoms with van der Waals surface area (Å²) in [7, 11) is 0. The molecule has 0 spiro atoms. The van der Waals surface area contributed by atoms with Gasteiger partial charge in [0.15, 0.2) is 0 Å². The zero-order valence-corrected chi connectivity index (χ0v) is 12.5. The van der Waals surface area contributed by atoms with Crippen LogP contribution in [0.25, 0.3) is 22.3 Å². The Bertz CT molecular complexity index is 824. The number of benzene rings is 3. The van der Waals surface area contributed by atoms with E-state index in [0.29, 0.717) is 0 Å². The van der Waals surface area contributed by atoms with E-state index in [1.54, 1.807) is 24.3 Å². The summed E-state index contributed by atoms with van der Waals surface area (Å²) in [5.74, 6) is -2.27. The third kappa shape index (κ3) is 2.62. The number of phenolic OH excluding ortho intramolecular Hbond substituents is 2. The molecule has 23 heavy (non-hydrogen) atoms. The van der Waals surface area contributed by atoms with Gasteiger partial charge in [-0.1, -0.05) is 48.0 Å². The lowest BCUT2D eigenvalue weighted by molar-refractivity contribution is 0.475. The summed E-state index contributed by atoms with van der Waals surface area (Å²) in [6.45, 7) is 0. The third-order valence-corrected chi connectivity index (χ3v) is 3.81. The molecule has 3 aromatic rings. The quantitative estimate of drug-likeness (QED) is 0.663. The molecule has 5 heteroatoms. The lowest BCUT2D eigenvalue weighted by atomic mass is 9.96. The fourth-order valence-corrected chi connectivity index (χ4v) is 2.73. The molecular formula is C18H11ClF2O2. The highest BCUT2D eigenvalue weighted by atomic mass is 35.5. The minimum Gasteiger partial charge on any atom is -0.507 e. The van der Waals surface area contributed by atoms with Crippen LogP contribution >= 0.6 is 11.6 Å². The Balaban J connectivity index is 2.35. The highest BCUT2D eigenvalue weighted by Gasteiger charge is 2.23. The summed E-state index contributed by atoms with van der Waals surface area (Å²) in [4.78, 5) is 0. The summed E-state index contributed by atoms with van der Waals surface area (Å²) >= 11 is 5.99. The fourth-order valence-electron chi connectivity index (χ4n) is 2.45. The van der Waals surface area contributed by atoms with Gasteiger partial charge in [0.05, 0.1) is 10.6 Å². The summed E-state index contributed by atoms with van der Waals surface area (Å²) in [6.07, 6.45) is 0. The van der Waals surface area contributed by atoms with Crippen LogP contribution < -0.4 is 0 Å². The number of halogens is 3. The zero-order chi connectivity index (χ0) is 16.6. The van der Waals surface area contributed by atoms with E-state index in [1.165, 1.54) is 24.3 Å². The Labute approximate surface area is 136 Å². The topological polar surface area (TPSA) is 40.5 Å². The van der Waals surface area contributed by atoms with Crippen LogP contribution in [0.3, 0.4) is 0 Å². The minimum absolute atomic E-state index is 0.0100. The predicted molar refractivity (Wildman–Crippen MR) is 85.6 cm³/mol. The molecule has 0 saturated heterocycles. The molecule has 0 saturated carbocycles. The predicted octanol–water partition coefficient (Wildman–Crippen LogP) is 5.36. The van der Waals surface area contributed by atoms with Crippen molar-refractivity contribution in [2.45, 2.75) is 0 Å². The van der Waals surface area contributed by atoms with Gasteiger partial charge in [0.25, 0.3) is 0 Å². The van der Waals surface area contributed by atoms with E-state index >= 15 is 0 Å². The molecular weight excluding hydrogens is 322 g/mol. The van der Waals surface area contributed by atoms with Crippen molar-refractivity contribution in [1.82, 2.24) is 0 Å². The van der Waals surface area contributed by atoms with Gasteiger partial charge in [0.1, 0.15) is 23.1 Å². The monoisotopic (exact) mass is 332 g/mol. The number of hydrogen-bond acceptors (Lipinski definition) is 2. The number of hydrogen-bond donors (Lipinski definition) is 2. The molecule has 0 unspecified atom stereocenters. The Morgan fingerprint density at radius 2 is 1.22 bits per heavy atom. The zero-order valence-electron chi connectivity index (χ0n) is 11.7. The first-order chi connectivity index (χ1) is 11.0. The molecule has 116 valence electrons. The molecule has 0 fully saturated rings. The van der Waals surface area contributed by atoms with Crippen molar-refractivity contribution in [2.75, 3.05) is 0 Å². The first kappa shape index (κ1) is 15.3. The number of phenols is 2. The maximum Gasteiger partial charge on any atom is 0.143 e. The van der Waals surface area contributed by atoms with Crippen molar-refractivity contribution in [1.29, 1.82) is 0 Å². The van der Waals surface area contributed by atoms with Crippen molar-refractivity contribution in [2.24, 2.45) is 0 Å². The van der Waals surface area contributed by atoms with Crippen LogP contribution in [0.4, 0.5) is 8.78 Å². The molecule has 2 N–H and O–H groups in total. The second kappa shape index (κ2) is 5.89. The largest absolute Gasteiger partial charge is 0.507 e. The average molecular weight is 333 g/mol. The van der Waals surface area contributed by atoms with Gasteiger partial charge < -0.3 is 10.2 Å². The van der Waals surface area contributed by atoms with Gasteiger partial charge in [-0.3, -0.25) is 0 Å². The van der Waals surface area contributed by atoms with E-state index in [2.05, 4.69) is 0 Å². The van der Waals surface area contributed by atoms with Gasteiger partial charge in [0, 0.05) is 16.7 Å². The SMILES string of the molecule is Oc1ccccc1-c1c(F)cc(Cl)c(-c2ccccc2O)c1F. The number of para-hydroxylation sites is 2. The molecule has 0 heterocycles. The fraction of sp³-hybridized carbons (Fsp3) is 0. The van der Waals surface area contributed by atoms with Gasteiger partial charge >= 0.3 is 0 Å². The Hall–Kier alpha value is -2.59. The number of rotatable bonds is 2. The normalized spacial score (nSPS) is 10.7. The maximum atomic E-state index is 15.0. The van der Waals surface area contributed by atoms with Gasteiger partial charge in [0.2, 0.25) is 0 Å². The van der Waals surface area contributed by atoms with Crippen LogP contribution in [-0.4, -0.2) is 10.2 Å². The maximum absolute atomic E-state index is 15.0. The van der Waals surface area contributed by atoms with Crippen LogP contribution in [0.15, 0.2) is 54.6 Å². The van der Waals surface area contributed by atoms with Crippen LogP contribution in [0, 0.1) is 11.6 Å². The van der Waals surface area contributed by atoms with E-state index in [0.717, 1.165) is 6.07 Å². The van der Waals surface area contributed by atoms with Crippen LogP contribution in [0.5, 0.6) is 11.5 Å². The smallest absolute Gasteiger partial charge is 0.143 e. The lowest BCUT2D eigenvalue weighted by Gasteiger charge is -2.14. The Kier molecular flexibility index (Phi) is 3.92. The molecule has 0 atom stereocenters. The highest BCUT2D eigenvalue weighted by Crippen LogP contribution is 2.42. The van der Waals surface area contributed by atoms with Crippen molar-refractivity contribution < 1.29 is 19.0 Å². The molecule has 3 rings (SSSR count). The molecule has 0 aromatic heterocycles. The van der Waals surface area contributed by atoms with E-state index < -0.39 is 17.2 Å². The summed E-state index contributed by atoms with van der Waals surface area (Å²) in [5.41, 5.74) is -0.363. The second-order valence-corrected chi connectivity index (χ2v) is 5.35. The molecule has 0 aliphatic rings. The molecule has 0 bridgehead atoms. The van der Waals surface area contributed by atoms with Crippen molar-refractivity contribution >= 4 is 11.6 Å². The summed E-state index contributed by atoms with van der Waals surface area (Å²) < 4.78 is 29.3. The molecule has 3 aromatic carbocycles. The third-order valence-electron chi connectivity index (χ3n) is 3.52. The van der Waals surface area contributed by atoms with E-state index in [1.807, 2.05) is 0 Å².